The van der Waals surface area contributed by atoms with Crippen molar-refractivity contribution in [3.8, 4) is 5.75 Å². The molecule has 4 nitrogen and oxygen atoms in total. The number of nitrogens with zero attached hydrogens (tertiary/aromatic N) is 1. The molecule has 1 amide bonds. The SMILES string of the molecule is COc1ccccc1Cn1ccc2ccc(C(N)=O)cc21. The number of amides is 1. The van der Waals surface area contributed by atoms with E-state index in [2.05, 4.69) is 4.57 Å². The Labute approximate surface area is 122 Å². The van der Waals surface area contributed by atoms with E-state index in [1.54, 1.807) is 13.2 Å². The fourth-order valence-electron chi connectivity index (χ4n) is 2.49. The lowest BCUT2D eigenvalue weighted by atomic mass is 10.1. The fourth-order valence-corrected chi connectivity index (χ4v) is 2.49. The van der Waals surface area contributed by atoms with Crippen molar-refractivity contribution in [1.29, 1.82) is 0 Å². The smallest absolute Gasteiger partial charge is 0.248 e. The molecule has 0 saturated carbocycles. The van der Waals surface area contributed by atoms with Gasteiger partial charge in [0.2, 0.25) is 5.91 Å². The Morgan fingerprint density at radius 1 is 1.19 bits per heavy atom. The van der Waals surface area contributed by atoms with Gasteiger partial charge in [0, 0.05) is 22.8 Å². The number of carbonyl (C=O) groups excluding carboxylic acids is 1. The van der Waals surface area contributed by atoms with Gasteiger partial charge in [0.15, 0.2) is 0 Å². The molecule has 3 aromatic rings. The summed E-state index contributed by atoms with van der Waals surface area (Å²) in [6.07, 6.45) is 2.00. The molecule has 4 heteroatoms. The van der Waals surface area contributed by atoms with Crippen LogP contribution in [0, 0.1) is 0 Å². The molecule has 0 aliphatic carbocycles. The molecule has 0 radical (unpaired) electrons. The molecule has 0 unspecified atom stereocenters. The number of methoxy groups -OCH3 is 1. The van der Waals surface area contributed by atoms with Gasteiger partial charge in [0.1, 0.15) is 5.75 Å². The number of fused-ring (bicyclic) bond motifs is 1. The van der Waals surface area contributed by atoms with E-state index >= 15 is 0 Å². The van der Waals surface area contributed by atoms with Gasteiger partial charge < -0.3 is 15.0 Å². The van der Waals surface area contributed by atoms with Crippen molar-refractivity contribution in [3.05, 3.63) is 65.9 Å². The molecule has 21 heavy (non-hydrogen) atoms. The maximum atomic E-state index is 11.3. The zero-order valence-electron chi connectivity index (χ0n) is 11.7. The minimum atomic E-state index is -0.415. The molecule has 0 bridgehead atoms. The van der Waals surface area contributed by atoms with Gasteiger partial charge in [-0.15, -0.1) is 0 Å². The van der Waals surface area contributed by atoms with Crippen molar-refractivity contribution in [2.75, 3.05) is 7.11 Å². The number of ether oxygens (including phenoxy) is 1. The Morgan fingerprint density at radius 2 is 2.00 bits per heavy atom. The molecule has 0 saturated heterocycles. The molecular formula is C17H16N2O2. The number of para-hydroxylation sites is 1. The highest BCUT2D eigenvalue weighted by atomic mass is 16.5. The zero-order valence-corrected chi connectivity index (χ0v) is 11.7. The van der Waals surface area contributed by atoms with Crippen LogP contribution in [0.1, 0.15) is 15.9 Å². The van der Waals surface area contributed by atoms with Gasteiger partial charge in [-0.25, -0.2) is 0 Å². The molecule has 0 aliphatic heterocycles. The Morgan fingerprint density at radius 3 is 2.76 bits per heavy atom. The molecule has 106 valence electrons. The molecule has 0 spiro atoms. The van der Waals surface area contributed by atoms with Crippen LogP contribution < -0.4 is 10.5 Å². The van der Waals surface area contributed by atoms with Crippen molar-refractivity contribution in [2.24, 2.45) is 5.73 Å². The fraction of sp³-hybridized carbons (Fsp3) is 0.118. The van der Waals surface area contributed by atoms with Crippen LogP contribution in [-0.4, -0.2) is 17.6 Å². The summed E-state index contributed by atoms with van der Waals surface area (Å²) in [4.78, 5) is 11.3. The van der Waals surface area contributed by atoms with Gasteiger partial charge in [-0.2, -0.15) is 0 Å². The average molecular weight is 280 g/mol. The van der Waals surface area contributed by atoms with E-state index in [1.807, 2.05) is 48.7 Å². The van der Waals surface area contributed by atoms with E-state index in [0.717, 1.165) is 22.2 Å². The quantitative estimate of drug-likeness (QED) is 0.799. The Bertz CT molecular complexity index is 805. The first-order valence-corrected chi connectivity index (χ1v) is 6.69. The number of primary amides is 1. The van der Waals surface area contributed by atoms with Crippen LogP contribution in [-0.2, 0) is 6.54 Å². The van der Waals surface area contributed by atoms with E-state index in [-0.39, 0.29) is 0 Å². The summed E-state index contributed by atoms with van der Waals surface area (Å²) in [5.74, 6) is 0.437. The minimum absolute atomic E-state index is 0.415. The second-order valence-electron chi connectivity index (χ2n) is 4.89. The normalized spacial score (nSPS) is 10.7. The average Bonchev–Trinajstić information content (AvgIpc) is 2.90. The van der Waals surface area contributed by atoms with Gasteiger partial charge >= 0.3 is 0 Å². The van der Waals surface area contributed by atoms with Crippen LogP contribution in [0.3, 0.4) is 0 Å². The monoisotopic (exact) mass is 280 g/mol. The van der Waals surface area contributed by atoms with Crippen molar-refractivity contribution in [3.63, 3.8) is 0 Å². The predicted molar refractivity (Wildman–Crippen MR) is 82.6 cm³/mol. The summed E-state index contributed by atoms with van der Waals surface area (Å²) in [6, 6.07) is 15.4. The second-order valence-corrected chi connectivity index (χ2v) is 4.89. The van der Waals surface area contributed by atoms with Crippen LogP contribution in [0.2, 0.25) is 0 Å². The Balaban J connectivity index is 2.04. The molecule has 2 aromatic carbocycles. The van der Waals surface area contributed by atoms with E-state index in [1.165, 1.54) is 0 Å². The molecule has 0 fully saturated rings. The van der Waals surface area contributed by atoms with Gasteiger partial charge in [-0.1, -0.05) is 24.3 Å². The third-order valence-electron chi connectivity index (χ3n) is 3.59. The number of aromatic nitrogens is 1. The summed E-state index contributed by atoms with van der Waals surface area (Å²) in [5.41, 5.74) is 7.94. The Hall–Kier alpha value is -2.75. The topological polar surface area (TPSA) is 57.2 Å². The summed E-state index contributed by atoms with van der Waals surface area (Å²) in [5, 5.41) is 1.08. The summed E-state index contributed by atoms with van der Waals surface area (Å²) < 4.78 is 7.46. The van der Waals surface area contributed by atoms with Crippen LogP contribution in [0.25, 0.3) is 10.9 Å². The van der Waals surface area contributed by atoms with E-state index < -0.39 is 5.91 Å². The lowest BCUT2D eigenvalue weighted by molar-refractivity contribution is 0.100. The number of benzene rings is 2. The number of hydrogen-bond donors (Lipinski definition) is 1. The molecule has 2 N–H and O–H groups in total. The molecule has 0 aliphatic rings. The standard InChI is InChI=1S/C17H16N2O2/c1-21-16-5-3-2-4-14(16)11-19-9-8-12-6-7-13(17(18)20)10-15(12)19/h2-10H,11H2,1H3,(H2,18,20). The van der Waals surface area contributed by atoms with Crippen molar-refractivity contribution in [2.45, 2.75) is 6.54 Å². The van der Waals surface area contributed by atoms with E-state index in [9.17, 15) is 4.79 Å². The lowest BCUT2D eigenvalue weighted by Crippen LogP contribution is -2.10. The Kier molecular flexibility index (Phi) is 3.36. The van der Waals surface area contributed by atoms with Gasteiger partial charge in [-0.3, -0.25) is 4.79 Å². The maximum absolute atomic E-state index is 11.3. The third-order valence-corrected chi connectivity index (χ3v) is 3.59. The molecule has 1 heterocycles. The van der Waals surface area contributed by atoms with Crippen molar-refractivity contribution < 1.29 is 9.53 Å². The highest BCUT2D eigenvalue weighted by Crippen LogP contribution is 2.23. The third kappa shape index (κ3) is 2.48. The highest BCUT2D eigenvalue weighted by molar-refractivity contribution is 5.97. The van der Waals surface area contributed by atoms with Crippen molar-refractivity contribution in [1.82, 2.24) is 4.57 Å². The predicted octanol–water partition coefficient (Wildman–Crippen LogP) is 2.80. The largest absolute Gasteiger partial charge is 0.496 e. The lowest BCUT2D eigenvalue weighted by Gasteiger charge is -2.10. The molecule has 3 rings (SSSR count). The van der Waals surface area contributed by atoms with Gasteiger partial charge in [0.25, 0.3) is 0 Å². The minimum Gasteiger partial charge on any atom is -0.496 e. The van der Waals surface area contributed by atoms with Crippen molar-refractivity contribution >= 4 is 16.8 Å². The molecule has 0 atom stereocenters. The first-order valence-electron chi connectivity index (χ1n) is 6.69. The van der Waals surface area contributed by atoms with Crippen LogP contribution in [0.5, 0.6) is 5.75 Å². The number of hydrogen-bond acceptors (Lipinski definition) is 2. The van der Waals surface area contributed by atoms with Gasteiger partial charge in [-0.05, 0) is 29.7 Å². The molecule has 1 aromatic heterocycles. The van der Waals surface area contributed by atoms with Crippen LogP contribution >= 0.6 is 0 Å². The summed E-state index contributed by atoms with van der Waals surface area (Å²) in [6.45, 7) is 0.676. The second kappa shape index (κ2) is 5.32. The molecular weight excluding hydrogens is 264 g/mol. The van der Waals surface area contributed by atoms with Crippen LogP contribution in [0.15, 0.2) is 54.7 Å². The zero-order chi connectivity index (χ0) is 14.8. The summed E-state index contributed by atoms with van der Waals surface area (Å²) in [7, 11) is 1.66. The summed E-state index contributed by atoms with van der Waals surface area (Å²) >= 11 is 0. The van der Waals surface area contributed by atoms with E-state index in [4.69, 9.17) is 10.5 Å². The van der Waals surface area contributed by atoms with E-state index in [0.29, 0.717) is 12.1 Å². The first-order chi connectivity index (χ1) is 10.2. The number of nitrogens with two attached hydrogens (primary N) is 1. The van der Waals surface area contributed by atoms with Crippen LogP contribution in [0.4, 0.5) is 0 Å². The number of carbonyl (C=O) groups is 1. The van der Waals surface area contributed by atoms with Gasteiger partial charge in [0.05, 0.1) is 13.7 Å². The highest BCUT2D eigenvalue weighted by Gasteiger charge is 2.08. The maximum Gasteiger partial charge on any atom is 0.248 e. The number of rotatable bonds is 4. The first kappa shape index (κ1) is 13.2.